The Morgan fingerprint density at radius 3 is 1.76 bits per heavy atom. The molecule has 0 bridgehead atoms. The van der Waals surface area contributed by atoms with Gasteiger partial charge in [0, 0.05) is 9.79 Å². The Kier molecular flexibility index (Phi) is 4.16. The molecule has 1 heterocycles. The second kappa shape index (κ2) is 7.23. The van der Waals surface area contributed by atoms with Crippen LogP contribution in [0.3, 0.4) is 0 Å². The lowest BCUT2D eigenvalue weighted by atomic mass is 9.67. The van der Waals surface area contributed by atoms with Gasteiger partial charge < -0.3 is 0 Å². The van der Waals surface area contributed by atoms with Crippen LogP contribution in [-0.2, 0) is 11.8 Å². The number of hydrogen-bond acceptors (Lipinski definition) is 1. The molecule has 1 aliphatic heterocycles. The van der Waals surface area contributed by atoms with Crippen molar-refractivity contribution < 1.29 is 0 Å². The van der Waals surface area contributed by atoms with Crippen LogP contribution >= 0.6 is 11.8 Å². The van der Waals surface area contributed by atoms with Crippen molar-refractivity contribution in [2.75, 3.05) is 0 Å². The van der Waals surface area contributed by atoms with Crippen LogP contribution in [0.25, 0.3) is 11.1 Å². The molecular weight excluding hydrogens is 416 g/mol. The summed E-state index contributed by atoms with van der Waals surface area (Å²) in [5, 5.41) is 0. The quantitative estimate of drug-likeness (QED) is 0.263. The summed E-state index contributed by atoms with van der Waals surface area (Å²) in [5.41, 5.74) is 10.8. The first-order chi connectivity index (χ1) is 16.4. The van der Waals surface area contributed by atoms with E-state index in [1.54, 1.807) is 0 Å². The number of hydrogen-bond donors (Lipinski definition) is 0. The van der Waals surface area contributed by atoms with Gasteiger partial charge in [-0.25, -0.2) is 0 Å². The molecule has 0 N–H and O–H groups in total. The first kappa shape index (κ1) is 19.0. The molecule has 33 heavy (non-hydrogen) atoms. The summed E-state index contributed by atoms with van der Waals surface area (Å²) >= 11 is 1.92. The minimum absolute atomic E-state index is 0.268. The minimum atomic E-state index is -0.268. The Balaban J connectivity index is 1.51. The third-order valence-electron chi connectivity index (χ3n) is 7.16. The summed E-state index contributed by atoms with van der Waals surface area (Å²) < 4.78 is 0. The minimum Gasteiger partial charge on any atom is -0.0894 e. The zero-order chi connectivity index (χ0) is 21.8. The van der Waals surface area contributed by atoms with Crippen LogP contribution in [0.1, 0.15) is 33.4 Å². The van der Waals surface area contributed by atoms with Gasteiger partial charge in [0.2, 0.25) is 0 Å². The van der Waals surface area contributed by atoms with E-state index >= 15 is 0 Å². The van der Waals surface area contributed by atoms with Crippen molar-refractivity contribution in [3.05, 3.63) is 155 Å². The van der Waals surface area contributed by atoms with Crippen molar-refractivity contribution in [2.24, 2.45) is 0 Å². The van der Waals surface area contributed by atoms with Crippen LogP contribution in [0.5, 0.6) is 0 Å². The molecule has 0 radical (unpaired) electrons. The van der Waals surface area contributed by atoms with Crippen LogP contribution in [0.2, 0.25) is 0 Å². The third-order valence-corrected chi connectivity index (χ3v) is 8.30. The Hall–Kier alpha value is -3.55. The molecule has 5 aromatic carbocycles. The summed E-state index contributed by atoms with van der Waals surface area (Å²) in [4.78, 5) is 2.72. The standard InChI is InChI=1S/C32H22S/c1-2-10-22(11-3-1)20-23-18-19-29-31(21-23)33-30-17-9-8-16-28(30)32(29)26-14-6-4-12-24(26)25-13-5-7-15-27(25)32/h1-19,21H,20H2. The van der Waals surface area contributed by atoms with E-state index in [2.05, 4.69) is 121 Å². The molecule has 156 valence electrons. The zero-order valence-electron chi connectivity index (χ0n) is 18.2. The van der Waals surface area contributed by atoms with Gasteiger partial charge in [0.15, 0.2) is 0 Å². The highest BCUT2D eigenvalue weighted by atomic mass is 32.2. The molecule has 1 heteroatoms. The SMILES string of the molecule is c1ccc(Cc2ccc3c(c2)Sc2ccccc2C32c3ccccc3-c3ccccc32)cc1. The van der Waals surface area contributed by atoms with Gasteiger partial charge in [0.25, 0.3) is 0 Å². The molecule has 0 fully saturated rings. The van der Waals surface area contributed by atoms with E-state index in [9.17, 15) is 0 Å². The lowest BCUT2D eigenvalue weighted by molar-refractivity contribution is 0.721. The van der Waals surface area contributed by atoms with Gasteiger partial charge in [0.05, 0.1) is 5.41 Å². The van der Waals surface area contributed by atoms with Gasteiger partial charge in [-0.3, -0.25) is 0 Å². The molecule has 1 spiro atoms. The molecule has 7 rings (SSSR count). The predicted octanol–water partition coefficient (Wildman–Crippen LogP) is 8.11. The average Bonchev–Trinajstić information content (AvgIpc) is 3.16. The van der Waals surface area contributed by atoms with Crippen LogP contribution < -0.4 is 0 Å². The van der Waals surface area contributed by atoms with E-state index in [4.69, 9.17) is 0 Å². The Morgan fingerprint density at radius 2 is 1.03 bits per heavy atom. The summed E-state index contributed by atoms with van der Waals surface area (Å²) in [7, 11) is 0. The van der Waals surface area contributed by atoms with Gasteiger partial charge in [0.1, 0.15) is 0 Å². The lowest BCUT2D eigenvalue weighted by Crippen LogP contribution is -2.32. The summed E-state index contributed by atoms with van der Waals surface area (Å²) in [6.07, 6.45) is 0.955. The maximum atomic E-state index is 2.42. The van der Waals surface area contributed by atoms with E-state index in [1.807, 2.05) is 11.8 Å². The Bertz CT molecular complexity index is 1470. The van der Waals surface area contributed by atoms with Gasteiger partial charge >= 0.3 is 0 Å². The van der Waals surface area contributed by atoms with E-state index in [-0.39, 0.29) is 5.41 Å². The fourth-order valence-electron chi connectivity index (χ4n) is 5.85. The van der Waals surface area contributed by atoms with Crippen LogP contribution in [0.15, 0.2) is 131 Å². The van der Waals surface area contributed by atoms with Crippen molar-refractivity contribution in [3.8, 4) is 11.1 Å². The maximum absolute atomic E-state index is 2.42. The van der Waals surface area contributed by atoms with E-state index in [0.717, 1.165) is 6.42 Å². The highest BCUT2D eigenvalue weighted by Crippen LogP contribution is 2.62. The molecule has 0 saturated heterocycles. The molecule has 0 saturated carbocycles. The molecule has 1 aliphatic carbocycles. The summed E-state index contributed by atoms with van der Waals surface area (Å²) in [5.74, 6) is 0. The highest BCUT2D eigenvalue weighted by Gasteiger charge is 2.49. The molecule has 5 aromatic rings. The highest BCUT2D eigenvalue weighted by molar-refractivity contribution is 7.99. The molecule has 2 aliphatic rings. The maximum Gasteiger partial charge on any atom is 0.0735 e. The normalized spacial score (nSPS) is 14.3. The monoisotopic (exact) mass is 438 g/mol. The van der Waals surface area contributed by atoms with Crippen LogP contribution in [0, 0.1) is 0 Å². The predicted molar refractivity (Wildman–Crippen MR) is 137 cm³/mol. The van der Waals surface area contributed by atoms with Gasteiger partial charge in [-0.1, -0.05) is 121 Å². The lowest BCUT2D eigenvalue weighted by Gasteiger charge is -2.39. The molecule has 0 unspecified atom stereocenters. The smallest absolute Gasteiger partial charge is 0.0735 e. The van der Waals surface area contributed by atoms with Crippen molar-refractivity contribution in [2.45, 2.75) is 21.6 Å². The second-order valence-electron chi connectivity index (χ2n) is 8.93. The molecule has 0 amide bonds. The summed E-state index contributed by atoms with van der Waals surface area (Å²) in [6, 6.07) is 44.9. The van der Waals surface area contributed by atoms with Crippen molar-refractivity contribution >= 4 is 11.8 Å². The van der Waals surface area contributed by atoms with E-state index in [1.165, 1.54) is 54.3 Å². The van der Waals surface area contributed by atoms with E-state index < -0.39 is 0 Å². The van der Waals surface area contributed by atoms with Gasteiger partial charge in [-0.2, -0.15) is 0 Å². The summed E-state index contributed by atoms with van der Waals surface area (Å²) in [6.45, 7) is 0. The third kappa shape index (κ3) is 2.66. The number of benzene rings is 5. The van der Waals surface area contributed by atoms with E-state index in [0.29, 0.717) is 0 Å². The number of rotatable bonds is 2. The Morgan fingerprint density at radius 1 is 0.455 bits per heavy atom. The van der Waals surface area contributed by atoms with Crippen molar-refractivity contribution in [3.63, 3.8) is 0 Å². The van der Waals surface area contributed by atoms with Crippen LogP contribution in [-0.4, -0.2) is 0 Å². The Labute approximate surface area is 199 Å². The zero-order valence-corrected chi connectivity index (χ0v) is 19.0. The second-order valence-corrected chi connectivity index (χ2v) is 10.0. The first-order valence-electron chi connectivity index (χ1n) is 11.5. The molecule has 0 atom stereocenters. The fourth-order valence-corrected chi connectivity index (χ4v) is 7.10. The first-order valence-corrected chi connectivity index (χ1v) is 12.3. The fraction of sp³-hybridized carbons (Fsp3) is 0.0625. The van der Waals surface area contributed by atoms with Crippen molar-refractivity contribution in [1.29, 1.82) is 0 Å². The van der Waals surface area contributed by atoms with Crippen molar-refractivity contribution in [1.82, 2.24) is 0 Å². The largest absolute Gasteiger partial charge is 0.0894 e. The number of fused-ring (bicyclic) bond motifs is 9. The van der Waals surface area contributed by atoms with Gasteiger partial charge in [-0.15, -0.1) is 0 Å². The molecule has 0 aromatic heterocycles. The topological polar surface area (TPSA) is 0 Å². The molecule has 0 nitrogen and oxygen atoms in total. The molecular formula is C32H22S. The van der Waals surface area contributed by atoms with Gasteiger partial charge in [-0.05, 0) is 63.1 Å². The average molecular weight is 439 g/mol. The van der Waals surface area contributed by atoms with Crippen LogP contribution in [0.4, 0.5) is 0 Å².